The Hall–Kier alpha value is -2.12. The lowest BCUT2D eigenvalue weighted by atomic mass is 10.1. The molecule has 2 rings (SSSR count). The van der Waals surface area contributed by atoms with Crippen LogP contribution < -0.4 is 4.72 Å². The Morgan fingerprint density at radius 3 is 2.58 bits per heavy atom. The molecule has 1 aromatic carbocycles. The van der Waals surface area contributed by atoms with E-state index in [9.17, 15) is 9.00 Å². The van der Waals surface area contributed by atoms with Crippen molar-refractivity contribution < 1.29 is 18.3 Å². The maximum absolute atomic E-state index is 11.6. The second-order valence-electron chi connectivity index (χ2n) is 3.70. The van der Waals surface area contributed by atoms with Crippen LogP contribution >= 0.6 is 0 Å². The summed E-state index contributed by atoms with van der Waals surface area (Å²) in [6.45, 7) is 0. The number of nitrogens with one attached hydrogen (secondary N) is 1. The Balaban J connectivity index is 2.48. The molecule has 1 heterocycles. The summed E-state index contributed by atoms with van der Waals surface area (Å²) in [5, 5.41) is 0. The highest BCUT2D eigenvalue weighted by Crippen LogP contribution is 2.19. The predicted molar refractivity (Wildman–Crippen MR) is 71.5 cm³/mol. The molecule has 7 heteroatoms. The number of methoxy groups -OCH3 is 1. The van der Waals surface area contributed by atoms with Crippen molar-refractivity contribution in [2.75, 3.05) is 11.8 Å². The lowest BCUT2D eigenvalue weighted by molar-refractivity contribution is 0.0600. The van der Waals surface area contributed by atoms with Gasteiger partial charge in [-0.15, -0.1) is 0 Å². The molecule has 1 aromatic heterocycles. The van der Waals surface area contributed by atoms with Crippen molar-refractivity contribution in [1.29, 1.82) is 0 Å². The number of hydrogen-bond acceptors (Lipinski definition) is 3. The SMILES string of the molecule is COC(=O)c1cc(NS(=O)O)cc(-n2cccc2)c1. The highest BCUT2D eigenvalue weighted by molar-refractivity contribution is 7.80. The second kappa shape index (κ2) is 5.68. The smallest absolute Gasteiger partial charge is 0.337 e. The van der Waals surface area contributed by atoms with E-state index in [1.165, 1.54) is 13.2 Å². The maximum atomic E-state index is 11.6. The van der Waals surface area contributed by atoms with Gasteiger partial charge in [-0.3, -0.25) is 9.27 Å². The van der Waals surface area contributed by atoms with E-state index < -0.39 is 17.2 Å². The van der Waals surface area contributed by atoms with Crippen LogP contribution in [0, 0.1) is 0 Å². The molecule has 0 spiro atoms. The van der Waals surface area contributed by atoms with E-state index >= 15 is 0 Å². The molecule has 1 atom stereocenters. The van der Waals surface area contributed by atoms with Gasteiger partial charge in [-0.2, -0.15) is 0 Å². The first-order chi connectivity index (χ1) is 9.10. The summed E-state index contributed by atoms with van der Waals surface area (Å²) in [7, 11) is 1.28. The second-order valence-corrected chi connectivity index (χ2v) is 4.40. The van der Waals surface area contributed by atoms with Gasteiger partial charge >= 0.3 is 5.97 Å². The van der Waals surface area contributed by atoms with Crippen molar-refractivity contribution in [1.82, 2.24) is 4.57 Å². The van der Waals surface area contributed by atoms with Crippen LogP contribution in [0.1, 0.15) is 10.4 Å². The van der Waals surface area contributed by atoms with Gasteiger partial charge in [0.15, 0.2) is 0 Å². The van der Waals surface area contributed by atoms with Crippen molar-refractivity contribution in [3.63, 3.8) is 0 Å². The van der Waals surface area contributed by atoms with Crippen LogP contribution in [0.3, 0.4) is 0 Å². The number of aromatic nitrogens is 1. The summed E-state index contributed by atoms with van der Waals surface area (Å²) in [6, 6.07) is 8.41. The van der Waals surface area contributed by atoms with E-state index in [0.717, 1.165) is 0 Å². The first-order valence-electron chi connectivity index (χ1n) is 5.34. The van der Waals surface area contributed by atoms with Crippen molar-refractivity contribution in [2.24, 2.45) is 0 Å². The van der Waals surface area contributed by atoms with Crippen molar-refractivity contribution in [3.8, 4) is 5.69 Å². The summed E-state index contributed by atoms with van der Waals surface area (Å²) in [5.41, 5.74) is 1.33. The van der Waals surface area contributed by atoms with E-state index in [0.29, 0.717) is 16.9 Å². The summed E-state index contributed by atoms with van der Waals surface area (Å²) in [5.74, 6) is -0.513. The number of anilines is 1. The summed E-state index contributed by atoms with van der Waals surface area (Å²) in [4.78, 5) is 11.6. The zero-order valence-electron chi connectivity index (χ0n) is 10.1. The topological polar surface area (TPSA) is 80.6 Å². The molecule has 2 N–H and O–H groups in total. The number of benzene rings is 1. The van der Waals surface area contributed by atoms with Crippen LogP contribution in [0.15, 0.2) is 42.7 Å². The molecule has 0 bridgehead atoms. The quantitative estimate of drug-likeness (QED) is 0.661. The largest absolute Gasteiger partial charge is 0.465 e. The summed E-state index contributed by atoms with van der Waals surface area (Å²) >= 11 is -2.21. The van der Waals surface area contributed by atoms with Crippen LogP contribution in [0.2, 0.25) is 0 Å². The fraction of sp³-hybridized carbons (Fsp3) is 0.0833. The third-order valence-corrected chi connectivity index (χ3v) is 2.86. The number of rotatable bonds is 4. The first kappa shape index (κ1) is 13.3. The lowest BCUT2D eigenvalue weighted by Gasteiger charge is -2.09. The van der Waals surface area contributed by atoms with Gasteiger partial charge in [0.05, 0.1) is 18.4 Å². The van der Waals surface area contributed by atoms with Gasteiger partial charge in [-0.05, 0) is 30.3 Å². The molecular formula is C12H12N2O4S. The van der Waals surface area contributed by atoms with Crippen LogP contribution in [-0.4, -0.2) is 26.4 Å². The maximum Gasteiger partial charge on any atom is 0.337 e. The fourth-order valence-electron chi connectivity index (χ4n) is 1.66. The van der Waals surface area contributed by atoms with Crippen LogP contribution in [0.4, 0.5) is 5.69 Å². The lowest BCUT2D eigenvalue weighted by Crippen LogP contribution is -2.07. The highest BCUT2D eigenvalue weighted by Gasteiger charge is 2.10. The number of hydrogen-bond donors (Lipinski definition) is 2. The molecule has 19 heavy (non-hydrogen) atoms. The number of nitrogens with zero attached hydrogens (tertiary/aromatic N) is 1. The Labute approximate surface area is 112 Å². The van der Waals surface area contributed by atoms with Gasteiger partial charge in [0.2, 0.25) is 0 Å². The van der Waals surface area contributed by atoms with Crippen LogP contribution in [0.25, 0.3) is 5.69 Å². The number of carbonyl (C=O) groups is 1. The van der Waals surface area contributed by atoms with E-state index in [1.54, 1.807) is 29.1 Å². The van der Waals surface area contributed by atoms with Gasteiger partial charge in [0, 0.05) is 18.1 Å². The van der Waals surface area contributed by atoms with Gasteiger partial charge in [-0.25, -0.2) is 9.00 Å². The molecule has 0 radical (unpaired) electrons. The average molecular weight is 280 g/mol. The Bertz CT molecular complexity index is 610. The standard InChI is InChI=1S/C12H12N2O4S/c1-18-12(15)9-6-10(13-19(16)17)8-11(7-9)14-4-2-3-5-14/h2-8,13H,1H3,(H,16,17). The van der Waals surface area contributed by atoms with Gasteiger partial charge in [-0.1, -0.05) is 0 Å². The van der Waals surface area contributed by atoms with E-state index in [4.69, 9.17) is 4.55 Å². The molecule has 0 saturated carbocycles. The minimum absolute atomic E-state index is 0.293. The average Bonchev–Trinajstić information content (AvgIpc) is 2.90. The summed E-state index contributed by atoms with van der Waals surface area (Å²) < 4.78 is 28.4. The highest BCUT2D eigenvalue weighted by atomic mass is 32.2. The molecular weight excluding hydrogens is 268 g/mol. The van der Waals surface area contributed by atoms with Gasteiger partial charge < -0.3 is 9.30 Å². The molecule has 0 aliphatic rings. The molecule has 1 unspecified atom stereocenters. The molecule has 0 saturated heterocycles. The molecule has 2 aromatic rings. The zero-order valence-corrected chi connectivity index (χ0v) is 10.9. The fourth-order valence-corrected chi connectivity index (χ4v) is 1.98. The summed E-state index contributed by atoms with van der Waals surface area (Å²) in [6.07, 6.45) is 3.60. The zero-order chi connectivity index (χ0) is 13.8. The molecule has 0 fully saturated rings. The van der Waals surface area contributed by atoms with Crippen LogP contribution in [-0.2, 0) is 16.0 Å². The third-order valence-electron chi connectivity index (χ3n) is 2.45. The van der Waals surface area contributed by atoms with Crippen molar-refractivity contribution >= 4 is 22.9 Å². The number of carbonyl (C=O) groups excluding carboxylic acids is 1. The number of esters is 1. The molecule has 0 aliphatic carbocycles. The molecule has 0 amide bonds. The Morgan fingerprint density at radius 2 is 2.00 bits per heavy atom. The normalized spacial score (nSPS) is 11.9. The minimum Gasteiger partial charge on any atom is -0.465 e. The van der Waals surface area contributed by atoms with Gasteiger partial charge in [0.1, 0.15) is 0 Å². The van der Waals surface area contributed by atoms with Crippen molar-refractivity contribution in [3.05, 3.63) is 48.3 Å². The van der Waals surface area contributed by atoms with Gasteiger partial charge in [0.25, 0.3) is 11.3 Å². The first-order valence-corrected chi connectivity index (χ1v) is 6.45. The van der Waals surface area contributed by atoms with Crippen molar-refractivity contribution in [2.45, 2.75) is 0 Å². The van der Waals surface area contributed by atoms with E-state index in [-0.39, 0.29) is 0 Å². The third kappa shape index (κ3) is 3.21. The van der Waals surface area contributed by atoms with E-state index in [2.05, 4.69) is 9.46 Å². The number of ether oxygens (including phenoxy) is 1. The van der Waals surface area contributed by atoms with E-state index in [1.807, 2.05) is 12.1 Å². The van der Waals surface area contributed by atoms with Crippen LogP contribution in [0.5, 0.6) is 0 Å². The molecule has 6 nitrogen and oxygen atoms in total. The monoisotopic (exact) mass is 280 g/mol. The predicted octanol–water partition coefficient (Wildman–Crippen LogP) is 1.81. The Morgan fingerprint density at radius 1 is 1.32 bits per heavy atom. The minimum atomic E-state index is -2.21. The molecule has 0 aliphatic heterocycles. The molecule has 100 valence electrons. The Kier molecular flexibility index (Phi) is 3.98.